The number of para-hydroxylation sites is 1. The van der Waals surface area contributed by atoms with E-state index in [4.69, 9.17) is 0 Å². The first-order valence-electron chi connectivity index (χ1n) is 7.52. The van der Waals surface area contributed by atoms with Crippen molar-refractivity contribution in [2.75, 3.05) is 18.0 Å². The number of piperazine rings is 1. The molecule has 1 aliphatic carbocycles. The third kappa shape index (κ3) is 2.93. The van der Waals surface area contributed by atoms with E-state index < -0.39 is 0 Å². The maximum absolute atomic E-state index is 3.78. The number of rotatable bonds is 3. The van der Waals surface area contributed by atoms with Crippen LogP contribution >= 0.6 is 31.9 Å². The molecule has 0 spiro atoms. The summed E-state index contributed by atoms with van der Waals surface area (Å²) in [5, 5.41) is 3.78. The Balaban J connectivity index is 1.92. The second-order valence-corrected chi connectivity index (χ2v) is 8.09. The molecule has 0 radical (unpaired) electrons. The van der Waals surface area contributed by atoms with E-state index in [0.717, 1.165) is 19.0 Å². The normalized spacial score (nSPS) is 27.1. The molecule has 4 heteroatoms. The zero-order valence-electron chi connectivity index (χ0n) is 12.1. The molecule has 1 aromatic carbocycles. The molecule has 2 unspecified atom stereocenters. The molecule has 0 bridgehead atoms. The summed E-state index contributed by atoms with van der Waals surface area (Å²) >= 11 is 7.48. The Morgan fingerprint density at radius 2 is 1.85 bits per heavy atom. The first kappa shape index (κ1) is 14.9. The van der Waals surface area contributed by atoms with Crippen molar-refractivity contribution in [1.29, 1.82) is 0 Å². The topological polar surface area (TPSA) is 15.3 Å². The number of halogens is 2. The summed E-state index contributed by atoms with van der Waals surface area (Å²) in [5.74, 6) is 1.54. The van der Waals surface area contributed by atoms with Crippen molar-refractivity contribution in [3.05, 3.63) is 27.1 Å². The minimum atomic E-state index is 0.556. The lowest BCUT2D eigenvalue weighted by molar-refractivity contribution is 0.319. The number of hydrogen-bond donors (Lipinski definition) is 1. The highest BCUT2D eigenvalue weighted by atomic mass is 79.9. The van der Waals surface area contributed by atoms with Gasteiger partial charge in [0.05, 0.1) is 5.69 Å². The first-order chi connectivity index (χ1) is 9.58. The van der Waals surface area contributed by atoms with Crippen molar-refractivity contribution >= 4 is 37.5 Å². The first-order valence-corrected chi connectivity index (χ1v) is 9.10. The van der Waals surface area contributed by atoms with Crippen LogP contribution in [0.25, 0.3) is 0 Å². The van der Waals surface area contributed by atoms with E-state index in [0.29, 0.717) is 18.0 Å². The highest BCUT2D eigenvalue weighted by Gasteiger charge is 2.38. The van der Waals surface area contributed by atoms with E-state index in [1.54, 1.807) is 0 Å². The van der Waals surface area contributed by atoms with Gasteiger partial charge in [0.2, 0.25) is 0 Å². The van der Waals surface area contributed by atoms with Crippen LogP contribution in [0, 0.1) is 11.8 Å². The molecule has 1 heterocycles. The fourth-order valence-corrected chi connectivity index (χ4v) is 4.68. The van der Waals surface area contributed by atoms with E-state index in [9.17, 15) is 0 Å². The molecule has 1 aliphatic heterocycles. The fourth-order valence-electron chi connectivity index (χ4n) is 3.22. The predicted octanol–water partition coefficient (Wildman–Crippen LogP) is 4.42. The minimum absolute atomic E-state index is 0.556. The molecule has 2 atom stereocenters. The van der Waals surface area contributed by atoms with Gasteiger partial charge in [-0.3, -0.25) is 0 Å². The third-order valence-corrected chi connectivity index (χ3v) is 5.85. The van der Waals surface area contributed by atoms with Gasteiger partial charge in [-0.2, -0.15) is 0 Å². The van der Waals surface area contributed by atoms with Gasteiger partial charge in [-0.1, -0.05) is 19.9 Å². The summed E-state index contributed by atoms with van der Waals surface area (Å²) in [5.41, 5.74) is 1.32. The van der Waals surface area contributed by atoms with E-state index in [2.05, 4.69) is 74.1 Å². The molecule has 0 aromatic heterocycles. The van der Waals surface area contributed by atoms with Crippen LogP contribution in [-0.4, -0.2) is 25.2 Å². The van der Waals surface area contributed by atoms with Gasteiger partial charge in [0.1, 0.15) is 0 Å². The standard InChI is InChI=1S/C16H22Br2N2/c1-10(2)15-8-19-14(11-6-7-11)9-20(15)16-12(17)4-3-5-13(16)18/h3-5,10-11,14-15,19H,6-9H2,1-2H3. The molecular formula is C16H22Br2N2. The Bertz CT molecular complexity index is 465. The maximum atomic E-state index is 3.78. The maximum Gasteiger partial charge on any atom is 0.0658 e. The SMILES string of the molecule is CC(C)C1CNC(C2CC2)CN1c1c(Br)cccc1Br. The van der Waals surface area contributed by atoms with E-state index in [1.807, 2.05) is 0 Å². The largest absolute Gasteiger partial charge is 0.364 e. The van der Waals surface area contributed by atoms with E-state index in [-0.39, 0.29) is 0 Å². The number of nitrogens with one attached hydrogen (secondary N) is 1. The molecule has 1 N–H and O–H groups in total. The van der Waals surface area contributed by atoms with Gasteiger partial charge >= 0.3 is 0 Å². The third-order valence-electron chi connectivity index (χ3n) is 4.57. The summed E-state index contributed by atoms with van der Waals surface area (Å²) in [6.45, 7) is 6.85. The molecule has 2 fully saturated rings. The highest BCUT2D eigenvalue weighted by Crippen LogP contribution is 2.40. The minimum Gasteiger partial charge on any atom is -0.364 e. The Morgan fingerprint density at radius 1 is 1.20 bits per heavy atom. The smallest absolute Gasteiger partial charge is 0.0658 e. The highest BCUT2D eigenvalue weighted by molar-refractivity contribution is 9.11. The molecule has 20 heavy (non-hydrogen) atoms. The van der Waals surface area contributed by atoms with Crippen molar-refractivity contribution in [2.24, 2.45) is 11.8 Å². The van der Waals surface area contributed by atoms with Crippen LogP contribution in [0.2, 0.25) is 0 Å². The van der Waals surface area contributed by atoms with Crippen LogP contribution < -0.4 is 10.2 Å². The van der Waals surface area contributed by atoms with Crippen molar-refractivity contribution in [3.63, 3.8) is 0 Å². The second kappa shape index (κ2) is 5.98. The molecule has 1 saturated heterocycles. The lowest BCUT2D eigenvalue weighted by Crippen LogP contribution is -2.59. The Labute approximate surface area is 138 Å². The Hall–Kier alpha value is -0.0600. The quantitative estimate of drug-likeness (QED) is 0.805. The molecule has 2 nitrogen and oxygen atoms in total. The van der Waals surface area contributed by atoms with Crippen LogP contribution in [0.5, 0.6) is 0 Å². The molecule has 3 rings (SSSR count). The Morgan fingerprint density at radius 3 is 2.40 bits per heavy atom. The summed E-state index contributed by atoms with van der Waals surface area (Å²) in [7, 11) is 0. The molecule has 0 amide bonds. The van der Waals surface area contributed by atoms with Crippen molar-refractivity contribution in [2.45, 2.75) is 38.8 Å². The number of benzene rings is 1. The van der Waals surface area contributed by atoms with Crippen molar-refractivity contribution in [3.8, 4) is 0 Å². The van der Waals surface area contributed by atoms with Gasteiger partial charge in [0.15, 0.2) is 0 Å². The van der Waals surface area contributed by atoms with Crippen LogP contribution in [0.15, 0.2) is 27.1 Å². The molecular weight excluding hydrogens is 380 g/mol. The number of nitrogens with zero attached hydrogens (tertiary/aromatic N) is 1. The van der Waals surface area contributed by atoms with Gasteiger partial charge in [-0.15, -0.1) is 0 Å². The van der Waals surface area contributed by atoms with Crippen LogP contribution in [-0.2, 0) is 0 Å². The summed E-state index contributed by atoms with van der Waals surface area (Å²) < 4.78 is 2.38. The summed E-state index contributed by atoms with van der Waals surface area (Å²) in [4.78, 5) is 2.61. The van der Waals surface area contributed by atoms with Crippen molar-refractivity contribution < 1.29 is 0 Å². The molecule has 110 valence electrons. The molecule has 2 aliphatic rings. The average molecular weight is 402 g/mol. The Kier molecular flexibility index (Phi) is 4.44. The lowest BCUT2D eigenvalue weighted by atomic mass is 9.96. The number of anilines is 1. The van der Waals surface area contributed by atoms with Crippen LogP contribution in [0.3, 0.4) is 0 Å². The van der Waals surface area contributed by atoms with Gasteiger partial charge in [0.25, 0.3) is 0 Å². The predicted molar refractivity (Wildman–Crippen MR) is 92.3 cm³/mol. The zero-order valence-corrected chi connectivity index (χ0v) is 15.2. The molecule has 1 aromatic rings. The van der Waals surface area contributed by atoms with Gasteiger partial charge < -0.3 is 10.2 Å². The fraction of sp³-hybridized carbons (Fsp3) is 0.625. The van der Waals surface area contributed by atoms with E-state index >= 15 is 0 Å². The summed E-state index contributed by atoms with van der Waals surface area (Å²) in [6.07, 6.45) is 2.80. The lowest BCUT2D eigenvalue weighted by Gasteiger charge is -2.45. The average Bonchev–Trinajstić information content (AvgIpc) is 3.22. The van der Waals surface area contributed by atoms with Gasteiger partial charge in [-0.25, -0.2) is 0 Å². The van der Waals surface area contributed by atoms with Gasteiger partial charge in [-0.05, 0) is 68.7 Å². The van der Waals surface area contributed by atoms with Crippen LogP contribution in [0.1, 0.15) is 26.7 Å². The van der Waals surface area contributed by atoms with Gasteiger partial charge in [0, 0.05) is 34.1 Å². The second-order valence-electron chi connectivity index (χ2n) is 6.39. The molecule has 1 saturated carbocycles. The monoisotopic (exact) mass is 400 g/mol. The number of hydrogen-bond acceptors (Lipinski definition) is 2. The van der Waals surface area contributed by atoms with Crippen molar-refractivity contribution in [1.82, 2.24) is 5.32 Å². The van der Waals surface area contributed by atoms with E-state index in [1.165, 1.54) is 27.5 Å². The van der Waals surface area contributed by atoms with Crippen LogP contribution in [0.4, 0.5) is 5.69 Å². The zero-order chi connectivity index (χ0) is 14.3. The summed E-state index contributed by atoms with van der Waals surface area (Å²) in [6, 6.07) is 7.59.